The molecule has 9 heteroatoms. The van der Waals surface area contributed by atoms with E-state index in [1.54, 1.807) is 0 Å². The molecule has 41 heavy (non-hydrogen) atoms. The van der Waals surface area contributed by atoms with Crippen molar-refractivity contribution in [1.82, 2.24) is 4.90 Å². The lowest BCUT2D eigenvalue weighted by atomic mass is 9.92. The normalized spacial score (nSPS) is 14.2. The summed E-state index contributed by atoms with van der Waals surface area (Å²) in [5.41, 5.74) is 3.30. The lowest BCUT2D eigenvalue weighted by Crippen LogP contribution is -2.30. The average Bonchev–Trinajstić information content (AvgIpc) is 3.27. The molecule has 2 heterocycles. The largest absolute Gasteiger partial charge is 0.465 e. The van der Waals surface area contributed by atoms with Gasteiger partial charge in [-0.3, -0.25) is 14.5 Å². The van der Waals surface area contributed by atoms with E-state index in [1.165, 1.54) is 35.8 Å². The summed E-state index contributed by atoms with van der Waals surface area (Å²) in [7, 11) is 1.38. The second-order valence-corrected chi connectivity index (χ2v) is 13.8. The Morgan fingerprint density at radius 3 is 2.51 bits per heavy atom. The second kappa shape index (κ2) is 13.7. The highest BCUT2D eigenvalue weighted by Gasteiger charge is 2.30. The predicted octanol–water partition coefficient (Wildman–Crippen LogP) is 6.98. The van der Waals surface area contributed by atoms with Gasteiger partial charge < -0.3 is 15.4 Å². The summed E-state index contributed by atoms with van der Waals surface area (Å²) in [5, 5.41) is 6.20. The minimum absolute atomic E-state index is 0.0382. The van der Waals surface area contributed by atoms with Crippen molar-refractivity contribution in [1.29, 1.82) is 0 Å². The number of thiophene rings is 1. The van der Waals surface area contributed by atoms with Crippen molar-refractivity contribution < 1.29 is 19.1 Å². The molecule has 2 amide bonds. The smallest absolute Gasteiger partial charge is 0.341 e. The molecule has 0 saturated carbocycles. The fourth-order valence-corrected chi connectivity index (χ4v) is 7.15. The first kappa shape index (κ1) is 30.8. The van der Waals surface area contributed by atoms with Crippen molar-refractivity contribution in [3.63, 3.8) is 0 Å². The van der Waals surface area contributed by atoms with Gasteiger partial charge in [0.1, 0.15) is 5.00 Å². The van der Waals surface area contributed by atoms with Gasteiger partial charge in [0.15, 0.2) is 0 Å². The van der Waals surface area contributed by atoms with Gasteiger partial charge in [0.2, 0.25) is 11.8 Å². The van der Waals surface area contributed by atoms with Crippen LogP contribution in [0.25, 0.3) is 0 Å². The SMILES string of the molecule is CCC(Sc1cccc(NC(=O)CC(C)(C)C)c1)C(=O)Nc1sc2c(c1C(=O)OC)CCN(Cc1ccccc1)C2. The van der Waals surface area contributed by atoms with Crippen molar-refractivity contribution in [3.05, 3.63) is 76.2 Å². The third-order valence-corrected chi connectivity index (χ3v) is 9.25. The molecule has 0 saturated heterocycles. The van der Waals surface area contributed by atoms with Crippen LogP contribution in [0.3, 0.4) is 0 Å². The summed E-state index contributed by atoms with van der Waals surface area (Å²) in [6.07, 6.45) is 1.74. The van der Waals surface area contributed by atoms with Crippen LogP contribution in [0, 0.1) is 5.41 Å². The molecule has 1 unspecified atom stereocenters. The Bertz CT molecular complexity index is 1380. The monoisotopic (exact) mass is 593 g/mol. The Morgan fingerprint density at radius 1 is 1.07 bits per heavy atom. The van der Waals surface area contributed by atoms with Crippen LogP contribution in [0.2, 0.25) is 0 Å². The maximum atomic E-state index is 13.5. The molecule has 1 aromatic heterocycles. The molecule has 1 aliphatic rings. The third-order valence-electron chi connectivity index (χ3n) is 6.76. The molecule has 0 radical (unpaired) electrons. The van der Waals surface area contributed by atoms with E-state index in [2.05, 4.69) is 27.7 Å². The number of ether oxygens (including phenoxy) is 1. The molecule has 2 N–H and O–H groups in total. The number of carbonyl (C=O) groups excluding carboxylic acids is 3. The summed E-state index contributed by atoms with van der Waals surface area (Å²) in [5.74, 6) is -0.623. The fourth-order valence-electron chi connectivity index (χ4n) is 4.85. The summed E-state index contributed by atoms with van der Waals surface area (Å²) in [4.78, 5) is 43.1. The molecule has 2 aromatic carbocycles. The highest BCUT2D eigenvalue weighted by atomic mass is 32.2. The quantitative estimate of drug-likeness (QED) is 0.195. The number of rotatable bonds is 10. The molecule has 7 nitrogen and oxygen atoms in total. The van der Waals surface area contributed by atoms with Crippen molar-refractivity contribution >= 4 is 51.6 Å². The molecule has 0 spiro atoms. The van der Waals surface area contributed by atoms with E-state index >= 15 is 0 Å². The van der Waals surface area contributed by atoms with Crippen molar-refractivity contribution in [2.45, 2.75) is 70.2 Å². The molecule has 3 aromatic rings. The van der Waals surface area contributed by atoms with Crippen LogP contribution < -0.4 is 10.6 Å². The Balaban J connectivity index is 1.47. The molecule has 218 valence electrons. The number of methoxy groups -OCH3 is 1. The van der Waals surface area contributed by atoms with E-state index in [0.717, 1.165) is 34.8 Å². The van der Waals surface area contributed by atoms with E-state index < -0.39 is 5.97 Å². The van der Waals surface area contributed by atoms with E-state index in [9.17, 15) is 14.4 Å². The van der Waals surface area contributed by atoms with Crippen LogP contribution in [0.5, 0.6) is 0 Å². The number of hydrogen-bond donors (Lipinski definition) is 2. The van der Waals surface area contributed by atoms with Gasteiger partial charge in [0.05, 0.1) is 17.9 Å². The first-order chi connectivity index (χ1) is 19.6. The minimum Gasteiger partial charge on any atom is -0.465 e. The Morgan fingerprint density at radius 2 is 1.83 bits per heavy atom. The summed E-state index contributed by atoms with van der Waals surface area (Å²) in [6.45, 7) is 10.4. The van der Waals surface area contributed by atoms with Gasteiger partial charge in [0, 0.05) is 41.5 Å². The Kier molecular flexibility index (Phi) is 10.3. The molecule has 0 fully saturated rings. The van der Waals surface area contributed by atoms with Crippen molar-refractivity contribution in [2.75, 3.05) is 24.3 Å². The first-order valence-corrected chi connectivity index (χ1v) is 15.6. The average molecular weight is 594 g/mol. The van der Waals surface area contributed by atoms with Crippen LogP contribution >= 0.6 is 23.1 Å². The maximum absolute atomic E-state index is 13.5. The second-order valence-electron chi connectivity index (χ2n) is 11.5. The number of fused-ring (bicyclic) bond motifs is 1. The number of esters is 1. The zero-order chi connectivity index (χ0) is 29.6. The summed E-state index contributed by atoms with van der Waals surface area (Å²) >= 11 is 2.91. The Hall–Kier alpha value is -3.14. The topological polar surface area (TPSA) is 87.7 Å². The van der Waals surface area contributed by atoms with Crippen LogP contribution in [0.4, 0.5) is 10.7 Å². The van der Waals surface area contributed by atoms with Gasteiger partial charge in [-0.25, -0.2) is 4.79 Å². The van der Waals surface area contributed by atoms with E-state index in [1.807, 2.05) is 70.2 Å². The highest BCUT2D eigenvalue weighted by Crippen LogP contribution is 2.39. The van der Waals surface area contributed by atoms with Crippen LogP contribution in [0.1, 0.15) is 66.9 Å². The zero-order valence-electron chi connectivity index (χ0n) is 24.4. The summed E-state index contributed by atoms with van der Waals surface area (Å²) in [6, 6.07) is 17.9. The fraction of sp³-hybridized carbons (Fsp3) is 0.406. The van der Waals surface area contributed by atoms with Gasteiger partial charge in [0.25, 0.3) is 0 Å². The molecule has 4 rings (SSSR count). The lowest BCUT2D eigenvalue weighted by Gasteiger charge is -2.27. The minimum atomic E-state index is -0.422. The number of anilines is 2. The van der Waals surface area contributed by atoms with E-state index in [-0.39, 0.29) is 22.5 Å². The number of carbonyl (C=O) groups is 3. The van der Waals surface area contributed by atoms with Crippen LogP contribution in [-0.4, -0.2) is 41.6 Å². The summed E-state index contributed by atoms with van der Waals surface area (Å²) < 4.78 is 5.13. The number of thioether (sulfide) groups is 1. The van der Waals surface area contributed by atoms with Gasteiger partial charge in [-0.15, -0.1) is 23.1 Å². The predicted molar refractivity (Wildman–Crippen MR) is 168 cm³/mol. The standard InChI is InChI=1S/C32H39N3O4S2/c1-6-25(40-23-14-10-13-22(17-23)33-27(36)18-32(2,3)4)29(37)34-30-28(31(38)39-5)24-15-16-35(20-26(24)41-30)19-21-11-8-7-9-12-21/h7-14,17,25H,6,15-16,18-20H2,1-5H3,(H,33,36)(H,34,37). The number of nitrogens with zero attached hydrogens (tertiary/aromatic N) is 1. The van der Waals surface area contributed by atoms with Crippen LogP contribution in [0.15, 0.2) is 59.5 Å². The third kappa shape index (κ3) is 8.44. The first-order valence-electron chi connectivity index (χ1n) is 13.9. The number of benzene rings is 2. The lowest BCUT2D eigenvalue weighted by molar-refractivity contribution is -0.118. The number of nitrogens with one attached hydrogen (secondary N) is 2. The van der Waals surface area contributed by atoms with Gasteiger partial charge >= 0.3 is 5.97 Å². The van der Waals surface area contributed by atoms with Gasteiger partial charge in [-0.1, -0.05) is 64.1 Å². The molecule has 1 aliphatic heterocycles. The maximum Gasteiger partial charge on any atom is 0.341 e. The zero-order valence-corrected chi connectivity index (χ0v) is 26.0. The number of amides is 2. The van der Waals surface area contributed by atoms with Crippen LogP contribution in [-0.2, 0) is 33.8 Å². The van der Waals surface area contributed by atoms with Gasteiger partial charge in [-0.05, 0) is 47.6 Å². The highest BCUT2D eigenvalue weighted by molar-refractivity contribution is 8.00. The molecule has 0 aliphatic carbocycles. The molecule has 1 atom stereocenters. The Labute approximate surface area is 251 Å². The van der Waals surface area contributed by atoms with Crippen molar-refractivity contribution in [2.24, 2.45) is 5.41 Å². The van der Waals surface area contributed by atoms with E-state index in [4.69, 9.17) is 4.74 Å². The van der Waals surface area contributed by atoms with Crippen molar-refractivity contribution in [3.8, 4) is 0 Å². The molecular weight excluding hydrogens is 555 g/mol. The van der Waals surface area contributed by atoms with E-state index in [0.29, 0.717) is 35.6 Å². The molecule has 0 bridgehead atoms. The molecular formula is C32H39N3O4S2. The number of hydrogen-bond acceptors (Lipinski definition) is 7. The van der Waals surface area contributed by atoms with Gasteiger partial charge in [-0.2, -0.15) is 0 Å².